The smallest absolute Gasteiger partial charge is 0.320 e. The molecule has 1 aliphatic carbocycles. The fourth-order valence-corrected chi connectivity index (χ4v) is 5.01. The third-order valence-corrected chi connectivity index (χ3v) is 6.75. The van der Waals surface area contributed by atoms with Gasteiger partial charge in [0, 0.05) is 18.2 Å². The standard InChI is InChI=1S/C24H26F2N2O/c1-23(26)14-27(15-23)22(29)28-16-24(10-11-24)13-19(28)12-18-8-5-9-20(21(18)25)17-6-3-2-4-7-17/h2-9,19H,10-16H2,1H3/t19-/m0/s1. The molecule has 2 heterocycles. The van der Waals surface area contributed by atoms with Crippen molar-refractivity contribution in [3.63, 3.8) is 0 Å². The van der Waals surface area contributed by atoms with Crippen molar-refractivity contribution in [2.45, 2.75) is 44.3 Å². The third-order valence-electron chi connectivity index (χ3n) is 6.75. The Labute approximate surface area is 170 Å². The first-order valence-corrected chi connectivity index (χ1v) is 10.4. The lowest BCUT2D eigenvalue weighted by Gasteiger charge is -2.44. The number of carbonyl (C=O) groups is 1. The van der Waals surface area contributed by atoms with E-state index in [0.29, 0.717) is 17.5 Å². The van der Waals surface area contributed by atoms with Crippen LogP contribution in [0.25, 0.3) is 11.1 Å². The molecule has 3 fully saturated rings. The third kappa shape index (κ3) is 3.41. The highest BCUT2D eigenvalue weighted by atomic mass is 19.1. The normalized spacial score (nSPS) is 23.9. The van der Waals surface area contributed by atoms with E-state index in [1.165, 1.54) is 6.92 Å². The number of halogens is 2. The van der Waals surface area contributed by atoms with E-state index < -0.39 is 5.67 Å². The van der Waals surface area contributed by atoms with Gasteiger partial charge in [0.15, 0.2) is 0 Å². The molecule has 1 saturated carbocycles. The van der Waals surface area contributed by atoms with Crippen molar-refractivity contribution in [2.24, 2.45) is 5.41 Å². The van der Waals surface area contributed by atoms with E-state index in [-0.39, 0.29) is 36.4 Å². The van der Waals surface area contributed by atoms with Crippen LogP contribution in [0.5, 0.6) is 0 Å². The Morgan fingerprint density at radius 3 is 2.45 bits per heavy atom. The van der Waals surface area contributed by atoms with Gasteiger partial charge in [-0.25, -0.2) is 13.6 Å². The van der Waals surface area contributed by atoms with Gasteiger partial charge in [0.25, 0.3) is 0 Å². The van der Waals surface area contributed by atoms with Crippen LogP contribution in [0.4, 0.5) is 13.6 Å². The van der Waals surface area contributed by atoms with Crippen molar-refractivity contribution in [3.05, 3.63) is 59.9 Å². The molecule has 2 saturated heterocycles. The predicted octanol–water partition coefficient (Wildman–Crippen LogP) is 5.05. The molecule has 3 aliphatic rings. The number of amides is 2. The van der Waals surface area contributed by atoms with Crippen LogP contribution in [0.1, 0.15) is 31.7 Å². The number of hydrogen-bond acceptors (Lipinski definition) is 1. The number of urea groups is 1. The number of rotatable bonds is 3. The van der Waals surface area contributed by atoms with Gasteiger partial charge < -0.3 is 9.80 Å². The van der Waals surface area contributed by atoms with Gasteiger partial charge in [0.1, 0.15) is 11.5 Å². The number of likely N-dealkylation sites (tertiary alicyclic amines) is 2. The minimum Gasteiger partial charge on any atom is -0.321 e. The number of benzene rings is 2. The van der Waals surface area contributed by atoms with Gasteiger partial charge in [0.2, 0.25) is 0 Å². The van der Waals surface area contributed by atoms with Crippen molar-refractivity contribution < 1.29 is 13.6 Å². The fourth-order valence-electron chi connectivity index (χ4n) is 5.01. The van der Waals surface area contributed by atoms with E-state index in [1.54, 1.807) is 11.0 Å². The minimum absolute atomic E-state index is 0.0306. The summed E-state index contributed by atoms with van der Waals surface area (Å²) in [5.74, 6) is -0.205. The van der Waals surface area contributed by atoms with Crippen molar-refractivity contribution in [3.8, 4) is 11.1 Å². The number of nitrogens with zero attached hydrogens (tertiary/aromatic N) is 2. The maximum absolute atomic E-state index is 15.3. The Balaban J connectivity index is 1.38. The van der Waals surface area contributed by atoms with Gasteiger partial charge in [0.05, 0.1) is 13.1 Å². The summed E-state index contributed by atoms with van der Waals surface area (Å²) >= 11 is 0. The molecule has 5 heteroatoms. The maximum atomic E-state index is 15.3. The molecule has 0 N–H and O–H groups in total. The van der Waals surface area contributed by atoms with Gasteiger partial charge >= 0.3 is 6.03 Å². The SMILES string of the molecule is CC1(F)CN(C(=O)N2CC3(CC3)C[C@@H]2Cc2cccc(-c3ccccc3)c2F)C1. The zero-order chi connectivity index (χ0) is 20.2. The zero-order valence-corrected chi connectivity index (χ0v) is 16.7. The van der Waals surface area contributed by atoms with Crippen LogP contribution in [0.15, 0.2) is 48.5 Å². The van der Waals surface area contributed by atoms with Gasteiger partial charge in [-0.05, 0) is 49.1 Å². The molecule has 29 heavy (non-hydrogen) atoms. The van der Waals surface area contributed by atoms with Crippen molar-refractivity contribution in [1.82, 2.24) is 9.80 Å². The molecule has 152 valence electrons. The lowest BCUT2D eigenvalue weighted by Crippen LogP contribution is -2.62. The maximum Gasteiger partial charge on any atom is 0.320 e. The first-order valence-electron chi connectivity index (χ1n) is 10.4. The topological polar surface area (TPSA) is 23.6 Å². The molecule has 0 radical (unpaired) electrons. The molecule has 0 aromatic heterocycles. The Bertz CT molecular complexity index is 931. The summed E-state index contributed by atoms with van der Waals surface area (Å²) in [7, 11) is 0. The molecule has 2 amide bonds. The second-order valence-corrected chi connectivity index (χ2v) is 9.39. The first kappa shape index (κ1) is 18.6. The van der Waals surface area contributed by atoms with Gasteiger partial charge in [-0.1, -0.05) is 48.5 Å². The van der Waals surface area contributed by atoms with Crippen molar-refractivity contribution in [1.29, 1.82) is 0 Å². The van der Waals surface area contributed by atoms with E-state index >= 15 is 4.39 Å². The number of hydrogen-bond donors (Lipinski definition) is 0. The van der Waals surface area contributed by atoms with Crippen LogP contribution in [-0.2, 0) is 6.42 Å². The molecule has 0 unspecified atom stereocenters. The minimum atomic E-state index is -1.28. The quantitative estimate of drug-likeness (QED) is 0.712. The highest BCUT2D eigenvalue weighted by Gasteiger charge is 2.55. The van der Waals surface area contributed by atoms with Crippen LogP contribution < -0.4 is 0 Å². The van der Waals surface area contributed by atoms with Gasteiger partial charge in [-0.3, -0.25) is 0 Å². The molecular formula is C24H26F2N2O. The van der Waals surface area contributed by atoms with Crippen LogP contribution in [0, 0.1) is 11.2 Å². The molecule has 2 aromatic rings. The Morgan fingerprint density at radius 1 is 1.07 bits per heavy atom. The lowest BCUT2D eigenvalue weighted by atomic mass is 9.95. The summed E-state index contributed by atoms with van der Waals surface area (Å²) < 4.78 is 29.2. The van der Waals surface area contributed by atoms with Crippen LogP contribution in [0.3, 0.4) is 0 Å². The zero-order valence-electron chi connectivity index (χ0n) is 16.7. The molecule has 2 aromatic carbocycles. The molecule has 0 bridgehead atoms. The summed E-state index contributed by atoms with van der Waals surface area (Å²) in [5.41, 5.74) is 1.02. The van der Waals surface area contributed by atoms with E-state index in [9.17, 15) is 9.18 Å². The van der Waals surface area contributed by atoms with Crippen LogP contribution >= 0.6 is 0 Å². The highest BCUT2D eigenvalue weighted by molar-refractivity contribution is 5.77. The molecule has 2 aliphatic heterocycles. The fraction of sp³-hybridized carbons (Fsp3) is 0.458. The number of alkyl halides is 1. The average Bonchev–Trinajstić information content (AvgIpc) is 3.34. The first-order chi connectivity index (χ1) is 13.9. The highest BCUT2D eigenvalue weighted by Crippen LogP contribution is 2.55. The van der Waals surface area contributed by atoms with Gasteiger partial charge in [-0.2, -0.15) is 0 Å². The Kier molecular flexibility index (Phi) is 4.19. The van der Waals surface area contributed by atoms with Crippen molar-refractivity contribution >= 4 is 6.03 Å². The van der Waals surface area contributed by atoms with E-state index in [2.05, 4.69) is 0 Å². The Hall–Kier alpha value is -2.43. The number of carbonyl (C=O) groups excluding carboxylic acids is 1. The molecule has 3 nitrogen and oxygen atoms in total. The monoisotopic (exact) mass is 396 g/mol. The largest absolute Gasteiger partial charge is 0.321 e. The summed E-state index contributed by atoms with van der Waals surface area (Å²) in [6.45, 7) is 2.56. The van der Waals surface area contributed by atoms with E-state index in [0.717, 1.165) is 31.4 Å². The predicted molar refractivity (Wildman–Crippen MR) is 109 cm³/mol. The molecule has 5 rings (SSSR count). The van der Waals surface area contributed by atoms with Gasteiger partial charge in [-0.15, -0.1) is 0 Å². The van der Waals surface area contributed by atoms with E-state index in [1.807, 2.05) is 47.4 Å². The summed E-state index contributed by atoms with van der Waals surface area (Å²) in [5, 5.41) is 0. The summed E-state index contributed by atoms with van der Waals surface area (Å²) in [4.78, 5) is 16.5. The molecule has 1 atom stereocenters. The second kappa shape index (κ2) is 6.54. The second-order valence-electron chi connectivity index (χ2n) is 9.39. The lowest BCUT2D eigenvalue weighted by molar-refractivity contribution is -0.00256. The Morgan fingerprint density at radius 2 is 1.79 bits per heavy atom. The average molecular weight is 396 g/mol. The van der Waals surface area contributed by atoms with E-state index in [4.69, 9.17) is 0 Å². The van der Waals surface area contributed by atoms with Crippen LogP contribution in [-0.4, -0.2) is 47.2 Å². The summed E-state index contributed by atoms with van der Waals surface area (Å²) in [6.07, 6.45) is 3.66. The van der Waals surface area contributed by atoms with Crippen molar-refractivity contribution in [2.75, 3.05) is 19.6 Å². The molecule has 1 spiro atoms. The summed E-state index contributed by atoms with van der Waals surface area (Å²) in [6, 6.07) is 14.9. The molecular weight excluding hydrogens is 370 g/mol. The van der Waals surface area contributed by atoms with Crippen LogP contribution in [0.2, 0.25) is 0 Å².